The Kier molecular flexibility index (Phi) is 10.7. The SMILES string of the molecule is CCN1CCCC1CNC(=NCC(=O)N(C)C)NCC(C)COCc1ccccc1. The highest BCUT2D eigenvalue weighted by atomic mass is 16.5. The van der Waals surface area contributed by atoms with Gasteiger partial charge in [-0.15, -0.1) is 0 Å². The molecule has 30 heavy (non-hydrogen) atoms. The Morgan fingerprint density at radius 3 is 2.77 bits per heavy atom. The summed E-state index contributed by atoms with van der Waals surface area (Å²) < 4.78 is 5.85. The lowest BCUT2D eigenvalue weighted by Crippen LogP contribution is -2.46. The van der Waals surface area contributed by atoms with Crippen molar-refractivity contribution in [3.8, 4) is 0 Å². The number of nitrogens with zero attached hydrogens (tertiary/aromatic N) is 3. The van der Waals surface area contributed by atoms with E-state index in [1.807, 2.05) is 18.2 Å². The van der Waals surface area contributed by atoms with Gasteiger partial charge in [-0.25, -0.2) is 4.99 Å². The molecule has 0 aliphatic carbocycles. The Balaban J connectivity index is 1.80. The standard InChI is InChI=1S/C23H39N5O2/c1-5-28-13-9-12-21(28)15-25-23(26-16-22(29)27(3)4)24-14-19(2)17-30-18-20-10-7-6-8-11-20/h6-8,10-11,19,21H,5,9,12-18H2,1-4H3,(H2,24,25,26). The van der Waals surface area contributed by atoms with Crippen molar-refractivity contribution >= 4 is 11.9 Å². The van der Waals surface area contributed by atoms with Crippen molar-refractivity contribution < 1.29 is 9.53 Å². The van der Waals surface area contributed by atoms with E-state index in [4.69, 9.17) is 4.74 Å². The third-order valence-corrected chi connectivity index (χ3v) is 5.41. The molecule has 0 bridgehead atoms. The Labute approximate surface area is 181 Å². The number of benzene rings is 1. The summed E-state index contributed by atoms with van der Waals surface area (Å²) in [7, 11) is 3.50. The molecule has 0 radical (unpaired) electrons. The highest BCUT2D eigenvalue weighted by Gasteiger charge is 2.22. The maximum Gasteiger partial charge on any atom is 0.243 e. The van der Waals surface area contributed by atoms with Crippen LogP contribution >= 0.6 is 0 Å². The predicted octanol–water partition coefficient (Wildman–Crippen LogP) is 1.95. The van der Waals surface area contributed by atoms with E-state index in [0.29, 0.717) is 31.1 Å². The van der Waals surface area contributed by atoms with Crippen LogP contribution in [0.3, 0.4) is 0 Å². The molecule has 1 amide bonds. The number of guanidine groups is 1. The summed E-state index contributed by atoms with van der Waals surface area (Å²) in [5.41, 5.74) is 1.18. The van der Waals surface area contributed by atoms with E-state index in [-0.39, 0.29) is 12.5 Å². The van der Waals surface area contributed by atoms with Gasteiger partial charge in [0.15, 0.2) is 5.96 Å². The van der Waals surface area contributed by atoms with Crippen LogP contribution in [0.1, 0.15) is 32.3 Å². The molecule has 2 rings (SSSR count). The summed E-state index contributed by atoms with van der Waals surface area (Å²) in [5, 5.41) is 6.83. The molecule has 0 spiro atoms. The first kappa shape index (κ1) is 24.2. The minimum absolute atomic E-state index is 0.00797. The van der Waals surface area contributed by atoms with Gasteiger partial charge in [0.25, 0.3) is 0 Å². The van der Waals surface area contributed by atoms with Crippen LogP contribution in [0.25, 0.3) is 0 Å². The van der Waals surface area contributed by atoms with Gasteiger partial charge in [-0.05, 0) is 37.4 Å². The van der Waals surface area contributed by atoms with Crippen LogP contribution in [0, 0.1) is 5.92 Å². The summed E-state index contributed by atoms with van der Waals surface area (Å²) in [5.74, 6) is 1.01. The van der Waals surface area contributed by atoms with Crippen LogP contribution in [-0.4, -0.2) is 81.1 Å². The first-order valence-electron chi connectivity index (χ1n) is 11.1. The van der Waals surface area contributed by atoms with E-state index in [0.717, 1.165) is 26.2 Å². The van der Waals surface area contributed by atoms with E-state index in [9.17, 15) is 4.79 Å². The van der Waals surface area contributed by atoms with Crippen LogP contribution in [0.4, 0.5) is 0 Å². The zero-order valence-corrected chi connectivity index (χ0v) is 19.1. The fourth-order valence-electron chi connectivity index (χ4n) is 3.50. The second-order valence-corrected chi connectivity index (χ2v) is 8.25. The molecule has 1 heterocycles. The van der Waals surface area contributed by atoms with Gasteiger partial charge < -0.3 is 20.3 Å². The molecule has 1 saturated heterocycles. The molecule has 168 valence electrons. The van der Waals surface area contributed by atoms with Crippen molar-refractivity contribution in [1.29, 1.82) is 0 Å². The summed E-state index contributed by atoms with van der Waals surface area (Å²) in [6, 6.07) is 10.7. The van der Waals surface area contributed by atoms with Gasteiger partial charge in [0.2, 0.25) is 5.91 Å². The maximum atomic E-state index is 12.0. The zero-order chi connectivity index (χ0) is 21.8. The lowest BCUT2D eigenvalue weighted by atomic mass is 10.2. The summed E-state index contributed by atoms with van der Waals surface area (Å²) in [6.07, 6.45) is 2.45. The topological polar surface area (TPSA) is 69.2 Å². The van der Waals surface area contributed by atoms with E-state index in [2.05, 4.69) is 46.5 Å². The quantitative estimate of drug-likeness (QED) is 0.425. The number of carbonyl (C=O) groups is 1. The van der Waals surface area contributed by atoms with Crippen molar-refractivity contribution in [2.45, 2.75) is 39.3 Å². The summed E-state index contributed by atoms with van der Waals surface area (Å²) in [4.78, 5) is 20.5. The molecule has 0 saturated carbocycles. The predicted molar refractivity (Wildman–Crippen MR) is 123 cm³/mol. The minimum Gasteiger partial charge on any atom is -0.376 e. The van der Waals surface area contributed by atoms with Crippen molar-refractivity contribution in [3.05, 3.63) is 35.9 Å². The molecule has 1 fully saturated rings. The van der Waals surface area contributed by atoms with Crippen LogP contribution in [0.15, 0.2) is 35.3 Å². The van der Waals surface area contributed by atoms with Gasteiger partial charge in [0.1, 0.15) is 6.54 Å². The summed E-state index contributed by atoms with van der Waals surface area (Å²) in [6.45, 7) is 9.60. The Morgan fingerprint density at radius 2 is 2.07 bits per heavy atom. The molecule has 1 aliphatic heterocycles. The highest BCUT2D eigenvalue weighted by Crippen LogP contribution is 2.15. The Bertz CT molecular complexity index is 650. The third kappa shape index (κ3) is 8.71. The van der Waals surface area contributed by atoms with Crippen LogP contribution in [0.5, 0.6) is 0 Å². The van der Waals surface area contributed by atoms with Gasteiger partial charge in [-0.3, -0.25) is 9.69 Å². The highest BCUT2D eigenvalue weighted by molar-refractivity contribution is 5.84. The van der Waals surface area contributed by atoms with Crippen molar-refractivity contribution in [2.75, 3.05) is 53.4 Å². The lowest BCUT2D eigenvalue weighted by molar-refractivity contribution is -0.127. The first-order valence-corrected chi connectivity index (χ1v) is 11.1. The number of rotatable bonds is 11. The molecule has 2 unspecified atom stereocenters. The van der Waals surface area contributed by atoms with Crippen molar-refractivity contribution in [1.82, 2.24) is 20.4 Å². The van der Waals surface area contributed by atoms with Crippen LogP contribution in [-0.2, 0) is 16.1 Å². The number of carbonyl (C=O) groups excluding carboxylic acids is 1. The molecule has 7 heteroatoms. The maximum absolute atomic E-state index is 12.0. The zero-order valence-electron chi connectivity index (χ0n) is 19.1. The number of nitrogens with one attached hydrogen (secondary N) is 2. The van der Waals surface area contributed by atoms with Gasteiger partial charge in [0, 0.05) is 33.2 Å². The molecule has 2 N–H and O–H groups in total. The average molecular weight is 418 g/mol. The fourth-order valence-corrected chi connectivity index (χ4v) is 3.50. The van der Waals surface area contributed by atoms with Crippen LogP contribution < -0.4 is 10.6 Å². The van der Waals surface area contributed by atoms with Crippen molar-refractivity contribution in [2.24, 2.45) is 10.9 Å². The second-order valence-electron chi connectivity index (χ2n) is 8.25. The molecule has 1 aromatic carbocycles. The normalized spacial score (nSPS) is 18.3. The molecular weight excluding hydrogens is 378 g/mol. The van der Waals surface area contributed by atoms with Gasteiger partial charge >= 0.3 is 0 Å². The van der Waals surface area contributed by atoms with Gasteiger partial charge in [-0.2, -0.15) is 0 Å². The largest absolute Gasteiger partial charge is 0.376 e. The first-order chi connectivity index (χ1) is 14.5. The second kappa shape index (κ2) is 13.2. The smallest absolute Gasteiger partial charge is 0.243 e. The third-order valence-electron chi connectivity index (χ3n) is 5.41. The Morgan fingerprint density at radius 1 is 1.30 bits per heavy atom. The molecule has 7 nitrogen and oxygen atoms in total. The number of likely N-dealkylation sites (N-methyl/N-ethyl adjacent to an activating group) is 2. The van der Waals surface area contributed by atoms with E-state index >= 15 is 0 Å². The lowest BCUT2D eigenvalue weighted by Gasteiger charge is -2.24. The number of likely N-dealkylation sites (tertiary alicyclic amines) is 1. The Hall–Kier alpha value is -2.12. The fraction of sp³-hybridized carbons (Fsp3) is 0.652. The van der Waals surface area contributed by atoms with Crippen LogP contribution in [0.2, 0.25) is 0 Å². The van der Waals surface area contributed by atoms with Gasteiger partial charge in [-0.1, -0.05) is 44.2 Å². The van der Waals surface area contributed by atoms with E-state index in [1.165, 1.54) is 18.4 Å². The average Bonchev–Trinajstić information content (AvgIpc) is 3.21. The number of aliphatic imine (C=N–C) groups is 1. The number of hydrogen-bond acceptors (Lipinski definition) is 4. The number of ether oxygens (including phenoxy) is 1. The number of hydrogen-bond donors (Lipinski definition) is 2. The summed E-state index contributed by atoms with van der Waals surface area (Å²) >= 11 is 0. The number of amides is 1. The monoisotopic (exact) mass is 417 g/mol. The molecule has 2 atom stereocenters. The van der Waals surface area contributed by atoms with Crippen molar-refractivity contribution in [3.63, 3.8) is 0 Å². The molecule has 0 aromatic heterocycles. The molecular formula is C23H39N5O2. The molecule has 1 aromatic rings. The molecule has 1 aliphatic rings. The van der Waals surface area contributed by atoms with E-state index < -0.39 is 0 Å². The minimum atomic E-state index is -0.00797. The van der Waals surface area contributed by atoms with E-state index in [1.54, 1.807) is 19.0 Å². The van der Waals surface area contributed by atoms with Gasteiger partial charge in [0.05, 0.1) is 13.2 Å².